The monoisotopic (exact) mass is 311 g/mol. The van der Waals surface area contributed by atoms with Crippen molar-refractivity contribution in [3.63, 3.8) is 0 Å². The molecule has 1 atom stereocenters. The fourth-order valence-electron chi connectivity index (χ4n) is 2.12. The van der Waals surface area contributed by atoms with Crippen LogP contribution in [0.2, 0.25) is 0 Å². The molecule has 1 rings (SSSR count). The molecule has 20 heavy (non-hydrogen) atoms. The van der Waals surface area contributed by atoms with Crippen LogP contribution in [0.3, 0.4) is 0 Å². The third kappa shape index (κ3) is 7.26. The molecule has 0 aliphatic carbocycles. The Labute approximate surface area is 123 Å². The summed E-state index contributed by atoms with van der Waals surface area (Å²) in [5.41, 5.74) is 0. The lowest BCUT2D eigenvalue weighted by atomic mass is 10.1. The van der Waals surface area contributed by atoms with E-state index in [2.05, 4.69) is 22.5 Å². The second-order valence-electron chi connectivity index (χ2n) is 5.33. The minimum absolute atomic E-state index is 0.154. The number of hydrogen-bond acceptors (Lipinski definition) is 2. The predicted octanol–water partition coefficient (Wildman–Crippen LogP) is 3.17. The maximum absolute atomic E-state index is 12.0. The van der Waals surface area contributed by atoms with Crippen LogP contribution in [0.1, 0.15) is 39.0 Å². The minimum atomic E-state index is -4.05. The SMILES string of the molecule is CN=C(NCCCCC(F)(F)F)NCC1(C)CCCS1. The lowest BCUT2D eigenvalue weighted by molar-refractivity contribution is -0.135. The Morgan fingerprint density at radius 3 is 2.60 bits per heavy atom. The second kappa shape index (κ2) is 8.00. The summed E-state index contributed by atoms with van der Waals surface area (Å²) in [5, 5.41) is 6.31. The largest absolute Gasteiger partial charge is 0.389 e. The summed E-state index contributed by atoms with van der Waals surface area (Å²) in [6, 6.07) is 0. The highest BCUT2D eigenvalue weighted by Gasteiger charge is 2.29. The third-order valence-corrected chi connectivity index (χ3v) is 4.87. The maximum Gasteiger partial charge on any atom is 0.389 e. The molecule has 3 nitrogen and oxygen atoms in total. The Morgan fingerprint density at radius 1 is 1.30 bits per heavy atom. The summed E-state index contributed by atoms with van der Waals surface area (Å²) in [6.07, 6.45) is -1.68. The quantitative estimate of drug-likeness (QED) is 0.449. The van der Waals surface area contributed by atoms with E-state index >= 15 is 0 Å². The van der Waals surface area contributed by atoms with Crippen LogP contribution in [0.25, 0.3) is 0 Å². The molecule has 2 N–H and O–H groups in total. The van der Waals surface area contributed by atoms with Crippen molar-refractivity contribution >= 4 is 17.7 Å². The summed E-state index contributed by atoms with van der Waals surface area (Å²) in [4.78, 5) is 4.09. The van der Waals surface area contributed by atoms with Gasteiger partial charge in [0.05, 0.1) is 0 Å². The fraction of sp³-hybridized carbons (Fsp3) is 0.923. The molecule has 0 radical (unpaired) electrons. The van der Waals surface area contributed by atoms with E-state index in [9.17, 15) is 13.2 Å². The molecule has 0 aromatic carbocycles. The number of hydrogen-bond donors (Lipinski definition) is 2. The van der Waals surface area contributed by atoms with Gasteiger partial charge in [0, 0.05) is 31.3 Å². The Balaban J connectivity index is 2.14. The zero-order valence-corrected chi connectivity index (χ0v) is 13.0. The lowest BCUT2D eigenvalue weighted by Crippen LogP contribution is -2.43. The first kappa shape index (κ1) is 17.5. The van der Waals surface area contributed by atoms with Crippen molar-refractivity contribution in [2.75, 3.05) is 25.9 Å². The zero-order chi connectivity index (χ0) is 15.1. The van der Waals surface area contributed by atoms with E-state index in [4.69, 9.17) is 0 Å². The topological polar surface area (TPSA) is 36.4 Å². The number of aliphatic imine (C=N–C) groups is 1. The normalized spacial score (nSPS) is 23.9. The van der Waals surface area contributed by atoms with Crippen LogP contribution in [-0.2, 0) is 0 Å². The van der Waals surface area contributed by atoms with E-state index in [1.54, 1.807) is 7.05 Å². The lowest BCUT2D eigenvalue weighted by Gasteiger charge is -2.24. The first-order valence-electron chi connectivity index (χ1n) is 7.00. The van der Waals surface area contributed by atoms with Gasteiger partial charge in [-0.05, 0) is 38.4 Å². The smallest absolute Gasteiger partial charge is 0.356 e. The first-order valence-corrected chi connectivity index (χ1v) is 7.98. The van der Waals surface area contributed by atoms with Crippen LogP contribution in [0.5, 0.6) is 0 Å². The second-order valence-corrected chi connectivity index (χ2v) is 7.01. The predicted molar refractivity (Wildman–Crippen MR) is 79.4 cm³/mol. The molecule has 0 bridgehead atoms. The van der Waals surface area contributed by atoms with E-state index in [0.29, 0.717) is 18.9 Å². The highest BCUT2D eigenvalue weighted by molar-refractivity contribution is 8.00. The van der Waals surface area contributed by atoms with Gasteiger partial charge in [-0.1, -0.05) is 0 Å². The summed E-state index contributed by atoms with van der Waals surface area (Å²) in [6.45, 7) is 3.58. The fourth-order valence-corrected chi connectivity index (χ4v) is 3.37. The van der Waals surface area contributed by atoms with Gasteiger partial charge in [0.25, 0.3) is 0 Å². The molecule has 1 saturated heterocycles. The van der Waals surface area contributed by atoms with Gasteiger partial charge in [0.1, 0.15) is 0 Å². The van der Waals surface area contributed by atoms with E-state index in [1.807, 2.05) is 11.8 Å². The number of alkyl halides is 3. The Kier molecular flexibility index (Phi) is 6.99. The number of nitrogens with zero attached hydrogens (tertiary/aromatic N) is 1. The van der Waals surface area contributed by atoms with Crippen LogP contribution in [-0.4, -0.2) is 42.8 Å². The van der Waals surface area contributed by atoms with Crippen molar-refractivity contribution in [1.29, 1.82) is 0 Å². The third-order valence-electron chi connectivity index (χ3n) is 3.33. The number of guanidine groups is 1. The van der Waals surface area contributed by atoms with Gasteiger partial charge in [-0.3, -0.25) is 4.99 Å². The number of halogens is 3. The molecule has 0 aromatic rings. The van der Waals surface area contributed by atoms with Crippen LogP contribution in [0.15, 0.2) is 4.99 Å². The van der Waals surface area contributed by atoms with Gasteiger partial charge >= 0.3 is 6.18 Å². The molecular weight excluding hydrogens is 287 g/mol. The molecule has 118 valence electrons. The molecule has 1 aliphatic heterocycles. The van der Waals surface area contributed by atoms with Gasteiger partial charge in [0.2, 0.25) is 0 Å². The van der Waals surface area contributed by atoms with Crippen molar-refractivity contribution < 1.29 is 13.2 Å². The first-order chi connectivity index (χ1) is 9.35. The minimum Gasteiger partial charge on any atom is -0.356 e. The maximum atomic E-state index is 12.0. The summed E-state index contributed by atoms with van der Waals surface area (Å²) >= 11 is 1.96. The van der Waals surface area contributed by atoms with Crippen LogP contribution in [0, 0.1) is 0 Å². The molecule has 0 spiro atoms. The average Bonchev–Trinajstić information content (AvgIpc) is 2.79. The van der Waals surface area contributed by atoms with Crippen molar-refractivity contribution in [2.45, 2.75) is 50.0 Å². The molecule has 0 amide bonds. The highest BCUT2D eigenvalue weighted by Crippen LogP contribution is 2.36. The van der Waals surface area contributed by atoms with Gasteiger partial charge in [-0.25, -0.2) is 0 Å². The molecular formula is C13H24F3N3S. The number of nitrogens with one attached hydrogen (secondary N) is 2. The summed E-state index contributed by atoms with van der Waals surface area (Å²) < 4.78 is 36.2. The molecule has 1 aliphatic rings. The van der Waals surface area contributed by atoms with Crippen molar-refractivity contribution in [3.8, 4) is 0 Å². The van der Waals surface area contributed by atoms with E-state index in [1.165, 1.54) is 18.6 Å². The number of thioether (sulfide) groups is 1. The van der Waals surface area contributed by atoms with Crippen LogP contribution >= 0.6 is 11.8 Å². The summed E-state index contributed by atoms with van der Waals surface area (Å²) in [7, 11) is 1.68. The summed E-state index contributed by atoms with van der Waals surface area (Å²) in [5.74, 6) is 1.87. The molecule has 7 heteroatoms. The van der Waals surface area contributed by atoms with E-state index < -0.39 is 12.6 Å². The molecule has 1 heterocycles. The Morgan fingerprint density at radius 2 is 2.05 bits per heavy atom. The van der Waals surface area contributed by atoms with Gasteiger partial charge in [-0.2, -0.15) is 24.9 Å². The van der Waals surface area contributed by atoms with Gasteiger partial charge in [0.15, 0.2) is 5.96 Å². The number of rotatable bonds is 6. The van der Waals surface area contributed by atoms with E-state index in [-0.39, 0.29) is 11.2 Å². The molecule has 1 fully saturated rings. The van der Waals surface area contributed by atoms with Crippen molar-refractivity contribution in [3.05, 3.63) is 0 Å². The van der Waals surface area contributed by atoms with Gasteiger partial charge in [-0.15, -0.1) is 0 Å². The zero-order valence-electron chi connectivity index (χ0n) is 12.1. The van der Waals surface area contributed by atoms with Crippen molar-refractivity contribution in [2.24, 2.45) is 4.99 Å². The van der Waals surface area contributed by atoms with Crippen molar-refractivity contribution in [1.82, 2.24) is 10.6 Å². The average molecular weight is 311 g/mol. The standard InChI is InChI=1S/C13H24F3N3S/c1-12(6-5-9-20-12)10-19-11(17-2)18-8-4-3-7-13(14,15)16/h3-10H2,1-2H3,(H2,17,18,19). The molecule has 0 aromatic heterocycles. The van der Waals surface area contributed by atoms with Crippen LogP contribution < -0.4 is 10.6 Å². The Bertz CT molecular complexity index is 312. The molecule has 1 unspecified atom stereocenters. The molecule has 0 saturated carbocycles. The van der Waals surface area contributed by atoms with E-state index in [0.717, 1.165) is 6.54 Å². The van der Waals surface area contributed by atoms with Crippen LogP contribution in [0.4, 0.5) is 13.2 Å². The Hall–Kier alpha value is -0.590. The van der Waals surface area contributed by atoms with Gasteiger partial charge < -0.3 is 10.6 Å². The number of unbranched alkanes of at least 4 members (excludes halogenated alkanes) is 1. The highest BCUT2D eigenvalue weighted by atomic mass is 32.2.